The number of rotatable bonds is 7. The van der Waals surface area contributed by atoms with Crippen LogP contribution in [-0.4, -0.2) is 60.9 Å². The first-order valence-corrected chi connectivity index (χ1v) is 11.0. The number of nitrogens with zero attached hydrogens (tertiary/aromatic N) is 1. The number of para-hydroxylation sites is 1. The largest absolute Gasteiger partial charge is 0.452 e. The second-order valence-electron chi connectivity index (χ2n) is 6.82. The lowest BCUT2D eigenvalue weighted by Crippen LogP contribution is -2.43. The van der Waals surface area contributed by atoms with Crippen LogP contribution in [-0.2, 0) is 19.4 Å². The van der Waals surface area contributed by atoms with E-state index in [4.69, 9.17) is 4.74 Å². The topological polar surface area (TPSA) is 96.5 Å². The fourth-order valence-corrected chi connectivity index (χ4v) is 5.12. The quantitative estimate of drug-likeness (QED) is 0.728. The molecular weight excluding hydrogens is 368 g/mol. The van der Waals surface area contributed by atoms with Crippen molar-refractivity contribution >= 4 is 32.6 Å². The van der Waals surface area contributed by atoms with Gasteiger partial charge < -0.3 is 14.6 Å². The van der Waals surface area contributed by atoms with E-state index in [0.717, 1.165) is 23.7 Å². The highest BCUT2D eigenvalue weighted by Crippen LogP contribution is 2.20. The highest BCUT2D eigenvalue weighted by molar-refractivity contribution is 7.91. The third-order valence-corrected chi connectivity index (χ3v) is 6.61. The predicted octanol–water partition coefficient (Wildman–Crippen LogP) is 2.14. The molecule has 0 saturated carbocycles. The number of carbonyl (C=O) groups excluding carboxylic acids is 2. The minimum atomic E-state index is -3.10. The molecule has 1 N–H and O–H groups in total. The molecule has 1 aliphatic heterocycles. The summed E-state index contributed by atoms with van der Waals surface area (Å²) in [5, 5.41) is 0.736. The molecule has 0 radical (unpaired) electrons. The van der Waals surface area contributed by atoms with Crippen LogP contribution < -0.4 is 0 Å². The minimum Gasteiger partial charge on any atom is -0.452 e. The molecule has 3 rings (SSSR count). The van der Waals surface area contributed by atoms with Crippen molar-refractivity contribution in [2.75, 3.05) is 24.7 Å². The smallest absolute Gasteiger partial charge is 0.340 e. The third kappa shape index (κ3) is 4.50. The van der Waals surface area contributed by atoms with E-state index < -0.39 is 22.4 Å². The molecule has 7 nitrogen and oxygen atoms in total. The number of carbonyl (C=O) groups is 2. The number of fused-ring (bicyclic) bond motifs is 1. The van der Waals surface area contributed by atoms with Gasteiger partial charge in [0, 0.05) is 29.7 Å². The van der Waals surface area contributed by atoms with E-state index in [0.29, 0.717) is 18.5 Å². The Bertz CT molecular complexity index is 934. The number of aromatic nitrogens is 1. The Balaban J connectivity index is 1.65. The van der Waals surface area contributed by atoms with Crippen LogP contribution in [0.2, 0.25) is 0 Å². The van der Waals surface area contributed by atoms with Crippen LogP contribution in [0.3, 0.4) is 0 Å². The van der Waals surface area contributed by atoms with Gasteiger partial charge in [-0.05, 0) is 18.9 Å². The van der Waals surface area contributed by atoms with Crippen LogP contribution in [0, 0.1) is 0 Å². The van der Waals surface area contributed by atoms with Crippen LogP contribution in [0.4, 0.5) is 0 Å². The molecule has 1 saturated heterocycles. The van der Waals surface area contributed by atoms with Crippen LogP contribution >= 0.6 is 0 Å². The highest BCUT2D eigenvalue weighted by Gasteiger charge is 2.34. The van der Waals surface area contributed by atoms with E-state index in [1.807, 2.05) is 25.1 Å². The summed E-state index contributed by atoms with van der Waals surface area (Å²) in [5.74, 6) is -0.837. The van der Waals surface area contributed by atoms with Crippen molar-refractivity contribution in [2.45, 2.75) is 32.2 Å². The minimum absolute atomic E-state index is 0.0150. The molecule has 146 valence electrons. The summed E-state index contributed by atoms with van der Waals surface area (Å²) in [7, 11) is -3.10. The molecular formula is C19H24N2O5S. The van der Waals surface area contributed by atoms with Gasteiger partial charge in [0.1, 0.15) is 0 Å². The second kappa shape index (κ2) is 8.12. The van der Waals surface area contributed by atoms with E-state index in [-0.39, 0.29) is 23.5 Å². The van der Waals surface area contributed by atoms with E-state index in [9.17, 15) is 18.0 Å². The van der Waals surface area contributed by atoms with E-state index in [1.165, 1.54) is 0 Å². The summed E-state index contributed by atoms with van der Waals surface area (Å²) in [5.41, 5.74) is 1.19. The lowest BCUT2D eigenvalue weighted by Gasteiger charge is -2.28. The molecule has 0 spiro atoms. The van der Waals surface area contributed by atoms with Gasteiger partial charge in [-0.15, -0.1) is 0 Å². The summed E-state index contributed by atoms with van der Waals surface area (Å²) < 4.78 is 28.8. The zero-order valence-corrected chi connectivity index (χ0v) is 16.1. The number of esters is 1. The van der Waals surface area contributed by atoms with E-state index in [2.05, 4.69) is 4.98 Å². The van der Waals surface area contributed by atoms with Gasteiger partial charge >= 0.3 is 5.97 Å². The monoisotopic (exact) mass is 392 g/mol. The average Bonchev–Trinajstić information content (AvgIpc) is 3.23. The van der Waals surface area contributed by atoms with Crippen molar-refractivity contribution in [3.8, 4) is 0 Å². The first-order chi connectivity index (χ1) is 12.9. The lowest BCUT2D eigenvalue weighted by molar-refractivity contribution is -0.136. The molecule has 0 aliphatic carbocycles. The van der Waals surface area contributed by atoms with Gasteiger partial charge in [-0.1, -0.05) is 31.5 Å². The van der Waals surface area contributed by atoms with Crippen LogP contribution in [0.1, 0.15) is 36.5 Å². The van der Waals surface area contributed by atoms with Crippen LogP contribution in [0.25, 0.3) is 10.9 Å². The van der Waals surface area contributed by atoms with Gasteiger partial charge in [0.05, 0.1) is 17.1 Å². The maximum absolute atomic E-state index is 12.6. The molecule has 1 aromatic heterocycles. The zero-order chi connectivity index (χ0) is 19.4. The number of benzene rings is 1. The van der Waals surface area contributed by atoms with Crippen LogP contribution in [0.15, 0.2) is 30.5 Å². The number of aromatic amines is 1. The fraction of sp³-hybridized carbons (Fsp3) is 0.474. The molecule has 1 aliphatic rings. The zero-order valence-electron chi connectivity index (χ0n) is 15.3. The van der Waals surface area contributed by atoms with E-state index in [1.54, 1.807) is 17.2 Å². The number of hydrogen-bond acceptors (Lipinski definition) is 5. The summed E-state index contributed by atoms with van der Waals surface area (Å²) in [6, 6.07) is 7.01. The molecule has 1 amide bonds. The molecule has 1 aromatic carbocycles. The molecule has 27 heavy (non-hydrogen) atoms. The lowest BCUT2D eigenvalue weighted by atomic mass is 10.2. The number of ether oxygens (including phenoxy) is 1. The summed E-state index contributed by atoms with van der Waals surface area (Å²) in [6.07, 6.45) is 3.67. The molecule has 0 unspecified atom stereocenters. The Morgan fingerprint density at radius 1 is 1.30 bits per heavy atom. The number of amides is 1. The highest BCUT2D eigenvalue weighted by atomic mass is 32.2. The van der Waals surface area contributed by atoms with Crippen molar-refractivity contribution in [3.63, 3.8) is 0 Å². The first kappa shape index (κ1) is 19.4. The van der Waals surface area contributed by atoms with Crippen molar-refractivity contribution in [1.82, 2.24) is 9.88 Å². The van der Waals surface area contributed by atoms with Gasteiger partial charge in [0.2, 0.25) is 0 Å². The summed E-state index contributed by atoms with van der Waals surface area (Å²) in [4.78, 5) is 29.6. The Hall–Kier alpha value is -2.35. The summed E-state index contributed by atoms with van der Waals surface area (Å²) >= 11 is 0. The van der Waals surface area contributed by atoms with Gasteiger partial charge in [0.15, 0.2) is 16.4 Å². The van der Waals surface area contributed by atoms with Gasteiger partial charge in [0.25, 0.3) is 5.91 Å². The Morgan fingerprint density at radius 2 is 2.07 bits per heavy atom. The fourth-order valence-electron chi connectivity index (χ4n) is 3.39. The van der Waals surface area contributed by atoms with Crippen LogP contribution in [0.5, 0.6) is 0 Å². The molecule has 0 bridgehead atoms. The predicted molar refractivity (Wildman–Crippen MR) is 102 cm³/mol. The average molecular weight is 392 g/mol. The van der Waals surface area contributed by atoms with E-state index >= 15 is 0 Å². The maximum atomic E-state index is 12.6. The van der Waals surface area contributed by atoms with Gasteiger partial charge in [-0.2, -0.15) is 0 Å². The molecule has 1 fully saturated rings. The van der Waals surface area contributed by atoms with Crippen molar-refractivity contribution in [2.24, 2.45) is 0 Å². The number of hydrogen-bond donors (Lipinski definition) is 1. The van der Waals surface area contributed by atoms with Crippen molar-refractivity contribution < 1.29 is 22.7 Å². The SMILES string of the molecule is CCCCN(C(=O)COC(=O)c1c[nH]c2ccccc12)[C@H]1CCS(=O)(=O)C1. The van der Waals surface area contributed by atoms with Gasteiger partial charge in [-0.25, -0.2) is 13.2 Å². The normalized spacial score (nSPS) is 18.5. The van der Waals surface area contributed by atoms with Crippen molar-refractivity contribution in [1.29, 1.82) is 0 Å². The number of unbranched alkanes of at least 4 members (excludes halogenated alkanes) is 1. The molecule has 8 heteroatoms. The van der Waals surface area contributed by atoms with Crippen molar-refractivity contribution in [3.05, 3.63) is 36.0 Å². The Kier molecular flexibility index (Phi) is 5.84. The maximum Gasteiger partial charge on any atom is 0.340 e. The molecule has 2 aromatic rings. The number of nitrogens with one attached hydrogen (secondary N) is 1. The first-order valence-electron chi connectivity index (χ1n) is 9.14. The molecule has 2 heterocycles. The summed E-state index contributed by atoms with van der Waals surface area (Å²) in [6.45, 7) is 2.09. The molecule has 1 atom stereocenters. The third-order valence-electron chi connectivity index (χ3n) is 4.86. The number of H-pyrrole nitrogens is 1. The Labute approximate surface area is 158 Å². The van der Waals surface area contributed by atoms with Gasteiger partial charge in [-0.3, -0.25) is 4.79 Å². The number of sulfone groups is 1. The second-order valence-corrected chi connectivity index (χ2v) is 9.05. The Morgan fingerprint density at radius 3 is 2.78 bits per heavy atom. The standard InChI is InChI=1S/C19H24N2O5S/c1-2-3-9-21(14-8-10-27(24,25)13-14)18(22)12-26-19(23)16-11-20-17-7-5-4-6-15(16)17/h4-7,11,14,20H,2-3,8-10,12-13H2,1H3/t14-/m0/s1.